The van der Waals surface area contributed by atoms with Gasteiger partial charge in [-0.1, -0.05) is 194 Å². The smallest absolute Gasteiger partial charge is 0.0562 e. The number of hydrogen-bond donors (Lipinski definition) is 0. The molecule has 0 saturated heterocycles. The molecule has 282 valence electrons. The van der Waals surface area contributed by atoms with Crippen molar-refractivity contribution in [2.24, 2.45) is 0 Å². The van der Waals surface area contributed by atoms with E-state index < -0.39 is 0 Å². The van der Waals surface area contributed by atoms with Crippen LogP contribution in [0.15, 0.2) is 243 Å². The lowest BCUT2D eigenvalue weighted by molar-refractivity contribution is 1.18. The van der Waals surface area contributed by atoms with E-state index >= 15 is 0 Å². The molecule has 0 aliphatic heterocycles. The van der Waals surface area contributed by atoms with Crippen LogP contribution in [0.5, 0.6) is 0 Å². The molecule has 2 nitrogen and oxygen atoms in total. The third kappa shape index (κ3) is 6.14. The molecule has 10 aromatic carbocycles. The summed E-state index contributed by atoms with van der Waals surface area (Å²) in [5, 5.41) is 4.86. The van der Waals surface area contributed by atoms with Gasteiger partial charge in [-0.05, 0) is 98.2 Å². The van der Waals surface area contributed by atoms with Gasteiger partial charge in [-0.25, -0.2) is 0 Å². The van der Waals surface area contributed by atoms with Gasteiger partial charge in [0, 0.05) is 27.7 Å². The number of hydrogen-bond acceptors (Lipinski definition) is 1. The van der Waals surface area contributed by atoms with Gasteiger partial charge in [0.1, 0.15) is 0 Å². The fraction of sp³-hybridized carbons (Fsp3) is 0. The van der Waals surface area contributed by atoms with Gasteiger partial charge in [-0.3, -0.25) is 0 Å². The Bertz CT molecular complexity index is 3290. The van der Waals surface area contributed by atoms with Crippen molar-refractivity contribution in [3.8, 4) is 50.2 Å². The molecule has 11 aromatic rings. The first kappa shape index (κ1) is 35.2. The molecule has 0 radical (unpaired) electrons. The number of benzene rings is 10. The highest BCUT2D eigenvalue weighted by Crippen LogP contribution is 2.47. The van der Waals surface area contributed by atoms with Crippen molar-refractivity contribution < 1.29 is 0 Å². The maximum absolute atomic E-state index is 2.45. The van der Waals surface area contributed by atoms with E-state index in [4.69, 9.17) is 0 Å². The lowest BCUT2D eigenvalue weighted by atomic mass is 9.90. The second-order valence-electron chi connectivity index (χ2n) is 15.3. The molecule has 0 N–H and O–H groups in total. The van der Waals surface area contributed by atoms with E-state index in [1.54, 1.807) is 0 Å². The second kappa shape index (κ2) is 15.1. The molecule has 0 unspecified atom stereocenters. The monoisotopic (exact) mass is 764 g/mol. The Hall–Kier alpha value is -7.94. The molecular weight excluding hydrogens is 725 g/mol. The Morgan fingerprint density at radius 1 is 0.300 bits per heavy atom. The highest BCUT2D eigenvalue weighted by Gasteiger charge is 2.23. The fourth-order valence-corrected chi connectivity index (χ4v) is 9.06. The van der Waals surface area contributed by atoms with Crippen molar-refractivity contribution >= 4 is 49.6 Å². The minimum Gasteiger partial charge on any atom is -0.310 e. The number of anilines is 3. The molecule has 2 heteroatoms. The van der Waals surface area contributed by atoms with Crippen LogP contribution in [0.25, 0.3) is 82.8 Å². The van der Waals surface area contributed by atoms with Crippen LogP contribution >= 0.6 is 0 Å². The van der Waals surface area contributed by atoms with Crippen LogP contribution in [0.4, 0.5) is 17.1 Å². The van der Waals surface area contributed by atoms with Crippen molar-refractivity contribution in [3.05, 3.63) is 243 Å². The number of para-hydroxylation sites is 3. The first-order valence-electron chi connectivity index (χ1n) is 20.6. The van der Waals surface area contributed by atoms with Crippen LogP contribution < -0.4 is 4.90 Å². The van der Waals surface area contributed by atoms with Crippen LogP contribution in [-0.2, 0) is 0 Å². The molecule has 0 saturated carbocycles. The van der Waals surface area contributed by atoms with Crippen molar-refractivity contribution in [2.75, 3.05) is 4.90 Å². The van der Waals surface area contributed by atoms with Crippen molar-refractivity contribution in [1.82, 2.24) is 4.57 Å². The molecule has 0 spiro atoms. The predicted octanol–water partition coefficient (Wildman–Crippen LogP) is 16.1. The van der Waals surface area contributed by atoms with Crippen molar-refractivity contribution in [3.63, 3.8) is 0 Å². The summed E-state index contributed by atoms with van der Waals surface area (Å²) in [5.74, 6) is 0. The third-order valence-electron chi connectivity index (χ3n) is 11.8. The predicted molar refractivity (Wildman–Crippen MR) is 255 cm³/mol. The quantitative estimate of drug-likeness (QED) is 0.150. The van der Waals surface area contributed by atoms with Gasteiger partial charge < -0.3 is 9.47 Å². The normalized spacial score (nSPS) is 11.3. The lowest BCUT2D eigenvalue weighted by Gasteiger charge is -2.28. The molecule has 11 rings (SSSR count). The van der Waals surface area contributed by atoms with E-state index in [1.807, 2.05) is 0 Å². The third-order valence-corrected chi connectivity index (χ3v) is 11.8. The number of aromatic nitrogens is 1. The second-order valence-corrected chi connectivity index (χ2v) is 15.3. The van der Waals surface area contributed by atoms with Crippen molar-refractivity contribution in [1.29, 1.82) is 0 Å². The maximum atomic E-state index is 2.45. The van der Waals surface area contributed by atoms with Gasteiger partial charge in [-0.2, -0.15) is 0 Å². The van der Waals surface area contributed by atoms with E-state index in [-0.39, 0.29) is 0 Å². The highest BCUT2D eigenvalue weighted by molar-refractivity contribution is 6.17. The zero-order chi connectivity index (χ0) is 39.8. The summed E-state index contributed by atoms with van der Waals surface area (Å²) < 4.78 is 2.45. The Labute approximate surface area is 350 Å². The molecule has 0 amide bonds. The van der Waals surface area contributed by atoms with Gasteiger partial charge in [-0.15, -0.1) is 0 Å². The molecule has 60 heavy (non-hydrogen) atoms. The Morgan fingerprint density at radius 3 is 1.65 bits per heavy atom. The zero-order valence-corrected chi connectivity index (χ0v) is 33.0. The summed E-state index contributed by atoms with van der Waals surface area (Å²) >= 11 is 0. The van der Waals surface area contributed by atoms with Crippen LogP contribution in [0, 0.1) is 0 Å². The summed E-state index contributed by atoms with van der Waals surface area (Å²) in [6, 6.07) is 87.9. The number of fused-ring (bicyclic) bond motifs is 4. The van der Waals surface area contributed by atoms with Crippen LogP contribution in [0.2, 0.25) is 0 Å². The topological polar surface area (TPSA) is 8.17 Å². The molecule has 1 heterocycles. The molecule has 0 bridgehead atoms. The van der Waals surface area contributed by atoms with Crippen LogP contribution in [0.1, 0.15) is 0 Å². The van der Waals surface area contributed by atoms with E-state index in [0.717, 1.165) is 28.3 Å². The fourth-order valence-electron chi connectivity index (χ4n) is 9.06. The Balaban J connectivity index is 1.16. The first-order valence-corrected chi connectivity index (χ1v) is 20.6. The van der Waals surface area contributed by atoms with E-state index in [0.29, 0.717) is 0 Å². The number of nitrogens with zero attached hydrogens (tertiary/aromatic N) is 2. The molecule has 0 atom stereocenters. The molecule has 0 aliphatic rings. The van der Waals surface area contributed by atoms with Gasteiger partial charge in [0.15, 0.2) is 0 Å². The molecule has 0 fully saturated rings. The SMILES string of the molecule is c1ccc(-c2ccc(-c3ccc(N(c4ccccc4)c4cccc5c4c4ccccc4n5-c4ccccc4-c4ccccc4)cc3-c3cccc4ccccc34)cc2)cc1. The minimum atomic E-state index is 1.09. The van der Waals surface area contributed by atoms with Crippen molar-refractivity contribution in [2.45, 2.75) is 0 Å². The van der Waals surface area contributed by atoms with Gasteiger partial charge >= 0.3 is 0 Å². The van der Waals surface area contributed by atoms with Gasteiger partial charge in [0.05, 0.1) is 22.4 Å². The average molecular weight is 765 g/mol. The van der Waals surface area contributed by atoms with E-state index in [9.17, 15) is 0 Å². The largest absolute Gasteiger partial charge is 0.310 e. The summed E-state index contributed by atoms with van der Waals surface area (Å²) in [7, 11) is 0. The highest BCUT2D eigenvalue weighted by atomic mass is 15.1. The zero-order valence-electron chi connectivity index (χ0n) is 33.0. The molecule has 1 aromatic heterocycles. The molecule has 0 aliphatic carbocycles. The Morgan fingerprint density at radius 2 is 0.850 bits per heavy atom. The minimum absolute atomic E-state index is 1.09. The van der Waals surface area contributed by atoms with E-state index in [1.165, 1.54) is 71.6 Å². The summed E-state index contributed by atoms with van der Waals surface area (Å²) in [6.07, 6.45) is 0. The first-order chi connectivity index (χ1) is 29.8. The summed E-state index contributed by atoms with van der Waals surface area (Å²) in [4.78, 5) is 2.44. The maximum Gasteiger partial charge on any atom is 0.0562 e. The van der Waals surface area contributed by atoms with E-state index in [2.05, 4.69) is 252 Å². The number of rotatable bonds is 8. The summed E-state index contributed by atoms with van der Waals surface area (Å²) in [6.45, 7) is 0. The standard InChI is InChI=1S/C58H40N2/c1-4-18-41(19-5-1)42-34-36-45(37-35-42)49-39-38-47(40-53(49)51-29-16-23-43-22-10-11-26-48(43)51)59(46-24-8-3-9-25-46)56-32-17-33-57-58(56)52-28-13-15-31-55(52)60(57)54-30-14-12-27-50(54)44-20-6-2-7-21-44/h1-40H. The molecular formula is C58H40N2. The van der Waals surface area contributed by atoms with Crippen LogP contribution in [-0.4, -0.2) is 4.57 Å². The van der Waals surface area contributed by atoms with Gasteiger partial charge in [0.25, 0.3) is 0 Å². The Kier molecular flexibility index (Phi) is 8.87. The van der Waals surface area contributed by atoms with Crippen LogP contribution in [0.3, 0.4) is 0 Å². The lowest BCUT2D eigenvalue weighted by Crippen LogP contribution is -2.10. The average Bonchev–Trinajstić information content (AvgIpc) is 3.67. The summed E-state index contributed by atoms with van der Waals surface area (Å²) in [5.41, 5.74) is 16.3. The van der Waals surface area contributed by atoms with Gasteiger partial charge in [0.2, 0.25) is 0 Å².